The van der Waals surface area contributed by atoms with E-state index < -0.39 is 17.3 Å². The topological polar surface area (TPSA) is 71.4 Å². The maximum atomic E-state index is 14.0. The minimum atomic E-state index is -0.777. The molecule has 0 bridgehead atoms. The smallest absolute Gasteiger partial charge is 0.310 e. The van der Waals surface area contributed by atoms with Crippen LogP contribution in [0.3, 0.4) is 0 Å². The van der Waals surface area contributed by atoms with E-state index in [-0.39, 0.29) is 5.78 Å². The first-order valence-electron chi connectivity index (χ1n) is 12.9. The van der Waals surface area contributed by atoms with Gasteiger partial charge in [-0.1, -0.05) is 99.8 Å². The molecule has 4 nitrogen and oxygen atoms in total. The third kappa shape index (κ3) is 8.32. The quantitative estimate of drug-likeness (QED) is 0.177. The summed E-state index contributed by atoms with van der Waals surface area (Å²) in [7, 11) is 1.17. The second-order valence-electron chi connectivity index (χ2n) is 9.97. The molecule has 0 aromatic heterocycles. The lowest BCUT2D eigenvalue weighted by molar-refractivity contribution is -0.146. The Morgan fingerprint density at radius 2 is 1.36 bits per heavy atom. The van der Waals surface area contributed by atoms with E-state index in [0.717, 1.165) is 54.4 Å². The van der Waals surface area contributed by atoms with Crippen molar-refractivity contribution in [2.45, 2.75) is 118 Å². The summed E-state index contributed by atoms with van der Waals surface area (Å²) in [5.74, 6) is -1.25. The molecule has 1 aliphatic rings. The van der Waals surface area contributed by atoms with Gasteiger partial charge in [0, 0.05) is 11.0 Å². The number of carbonyl (C=O) groups excluding carboxylic acids is 1. The Morgan fingerprint density at radius 1 is 0.879 bits per heavy atom. The molecular weight excluding hydrogens is 431 g/mol. The highest BCUT2D eigenvalue weighted by Crippen LogP contribution is 2.48. The van der Waals surface area contributed by atoms with Crippen molar-refractivity contribution in [2.24, 2.45) is 11.3 Å². The Hall–Kier alpha value is -1.54. The molecule has 0 saturated heterocycles. The molecule has 5 heteroatoms. The summed E-state index contributed by atoms with van der Waals surface area (Å²) in [6.07, 6.45) is 14.6. The monoisotopic (exact) mass is 477 g/mol. The molecule has 33 heavy (non-hydrogen) atoms. The summed E-state index contributed by atoms with van der Waals surface area (Å²) >= 11 is 0. The molecule has 1 fully saturated rings. The van der Waals surface area contributed by atoms with Crippen LogP contribution in [0.4, 0.5) is 0 Å². The van der Waals surface area contributed by atoms with Crippen LogP contribution in [0.2, 0.25) is 0 Å². The maximum Gasteiger partial charge on any atom is 0.310 e. The lowest BCUT2D eigenvalue weighted by Crippen LogP contribution is -2.44. The van der Waals surface area contributed by atoms with Crippen molar-refractivity contribution >= 4 is 20.9 Å². The number of carboxylic acid groups (broad SMARTS) is 1. The Kier molecular flexibility index (Phi) is 13.7. The number of unbranched alkanes of at least 4 members (excludes halogenated alkanes) is 7. The third-order valence-corrected chi connectivity index (χ3v) is 7.41. The normalized spacial score (nSPS) is 15.9. The van der Waals surface area contributed by atoms with Crippen molar-refractivity contribution in [3.05, 3.63) is 34.4 Å². The van der Waals surface area contributed by atoms with Gasteiger partial charge >= 0.3 is 15.1 Å². The first-order valence-corrected chi connectivity index (χ1v) is 13.4. The predicted molar refractivity (Wildman–Crippen MR) is 139 cm³/mol. The standard InChI is InChI=1S/C28H44O3.H2OP/c1-5-6-7-8-9-10-11-13-16-24(27(30)31)28(17-14-12-15-18-28)26(29)25-22(3)19-21(2)20-23(25)4;1-2/h19-20,24H,5-18H2,1-4H3,(H,30,31);2H2/q;+1. The Labute approximate surface area is 203 Å². The van der Waals surface area contributed by atoms with Gasteiger partial charge in [-0.2, -0.15) is 0 Å². The number of hydrogen-bond donors (Lipinski definition) is 1. The lowest BCUT2D eigenvalue weighted by Gasteiger charge is -2.41. The molecular formula is C28H46O4P+. The first-order chi connectivity index (χ1) is 15.8. The second kappa shape index (κ2) is 15.4. The summed E-state index contributed by atoms with van der Waals surface area (Å²) < 4.78 is 8.17. The molecule has 1 aromatic carbocycles. The Morgan fingerprint density at radius 3 is 1.85 bits per heavy atom. The van der Waals surface area contributed by atoms with Crippen LogP contribution in [0, 0.1) is 32.1 Å². The Bertz CT molecular complexity index is 729. The average molecular weight is 478 g/mol. The van der Waals surface area contributed by atoms with Gasteiger partial charge in [0.25, 0.3) is 0 Å². The van der Waals surface area contributed by atoms with Gasteiger partial charge in [-0.05, 0) is 51.2 Å². The molecule has 0 spiro atoms. The highest BCUT2D eigenvalue weighted by atomic mass is 31.0. The van der Waals surface area contributed by atoms with Crippen LogP contribution >= 0.6 is 9.12 Å². The van der Waals surface area contributed by atoms with Gasteiger partial charge in [-0.15, -0.1) is 0 Å². The van der Waals surface area contributed by atoms with Crippen molar-refractivity contribution in [1.29, 1.82) is 0 Å². The van der Waals surface area contributed by atoms with Gasteiger partial charge < -0.3 is 5.11 Å². The van der Waals surface area contributed by atoms with Crippen LogP contribution in [0.5, 0.6) is 0 Å². The molecule has 186 valence electrons. The number of carboxylic acids is 1. The van der Waals surface area contributed by atoms with E-state index in [1.165, 1.54) is 47.6 Å². The second-order valence-corrected chi connectivity index (χ2v) is 9.97. The molecule has 2 rings (SSSR count). The summed E-state index contributed by atoms with van der Waals surface area (Å²) in [6, 6.07) is 4.12. The van der Waals surface area contributed by atoms with Gasteiger partial charge in [-0.25, -0.2) is 0 Å². The number of rotatable bonds is 13. The van der Waals surface area contributed by atoms with E-state index in [0.29, 0.717) is 19.3 Å². The minimum absolute atomic E-state index is 0.0918. The zero-order valence-electron chi connectivity index (χ0n) is 21.4. The molecule has 0 heterocycles. The molecule has 1 saturated carbocycles. The molecule has 1 N–H and O–H groups in total. The molecule has 0 aliphatic heterocycles. The lowest BCUT2D eigenvalue weighted by atomic mass is 9.60. The van der Waals surface area contributed by atoms with E-state index in [2.05, 4.69) is 19.1 Å². The molecule has 0 radical (unpaired) electrons. The molecule has 1 aliphatic carbocycles. The third-order valence-electron chi connectivity index (χ3n) is 7.41. The van der Waals surface area contributed by atoms with Crippen LogP contribution in [-0.4, -0.2) is 16.9 Å². The van der Waals surface area contributed by atoms with E-state index in [4.69, 9.17) is 4.57 Å². The summed E-state index contributed by atoms with van der Waals surface area (Å²) in [5, 5.41) is 10.2. The van der Waals surface area contributed by atoms with Crippen molar-refractivity contribution in [3.63, 3.8) is 0 Å². The van der Waals surface area contributed by atoms with Gasteiger partial charge in [-0.3, -0.25) is 9.59 Å². The van der Waals surface area contributed by atoms with Crippen LogP contribution in [-0.2, 0) is 9.36 Å². The maximum absolute atomic E-state index is 14.0. The number of Topliss-reactive ketones (excluding diaryl/α,β-unsaturated/α-hetero) is 1. The molecule has 2 unspecified atom stereocenters. The average Bonchev–Trinajstić information content (AvgIpc) is 2.79. The summed E-state index contributed by atoms with van der Waals surface area (Å²) in [4.78, 5) is 26.4. The van der Waals surface area contributed by atoms with Crippen molar-refractivity contribution in [3.8, 4) is 0 Å². The summed E-state index contributed by atoms with van der Waals surface area (Å²) in [5.41, 5.74) is 3.16. The van der Waals surface area contributed by atoms with Gasteiger partial charge in [0.15, 0.2) is 5.78 Å². The van der Waals surface area contributed by atoms with Crippen LogP contribution < -0.4 is 0 Å². The fourth-order valence-electron chi connectivity index (χ4n) is 5.82. The summed E-state index contributed by atoms with van der Waals surface area (Å²) in [6.45, 7) is 8.27. The number of benzene rings is 1. The highest BCUT2D eigenvalue weighted by molar-refractivity contribution is 7.00. The van der Waals surface area contributed by atoms with Crippen LogP contribution in [0.25, 0.3) is 0 Å². The van der Waals surface area contributed by atoms with Crippen LogP contribution in [0.1, 0.15) is 124 Å². The first kappa shape index (κ1) is 29.5. The zero-order chi connectivity index (χ0) is 24.9. The number of aryl methyl sites for hydroxylation is 3. The molecule has 0 amide bonds. The fraction of sp³-hybridized carbons (Fsp3) is 0.714. The number of hydrogen-bond acceptors (Lipinski definition) is 3. The van der Waals surface area contributed by atoms with E-state index in [9.17, 15) is 14.7 Å². The number of ketones is 1. The number of aliphatic carboxylic acids is 1. The van der Waals surface area contributed by atoms with Crippen molar-refractivity contribution < 1.29 is 19.3 Å². The van der Waals surface area contributed by atoms with E-state index >= 15 is 0 Å². The fourth-order valence-corrected chi connectivity index (χ4v) is 5.82. The SMILES string of the molecule is CCCCCCCCCCC(C(=O)O)C1(C(=O)c2c(C)cc(C)cc2C)CCCCC1.O=[PH2+]. The van der Waals surface area contributed by atoms with Crippen molar-refractivity contribution in [1.82, 2.24) is 0 Å². The predicted octanol–water partition coefficient (Wildman–Crippen LogP) is 8.18. The minimum Gasteiger partial charge on any atom is -0.481 e. The molecule has 1 aromatic rings. The highest BCUT2D eigenvalue weighted by Gasteiger charge is 2.49. The molecule has 2 atom stereocenters. The van der Waals surface area contributed by atoms with E-state index in [1.54, 1.807) is 0 Å². The number of carbonyl (C=O) groups is 2. The van der Waals surface area contributed by atoms with Crippen molar-refractivity contribution in [2.75, 3.05) is 0 Å². The van der Waals surface area contributed by atoms with E-state index in [1.807, 2.05) is 20.8 Å². The largest absolute Gasteiger partial charge is 0.481 e. The van der Waals surface area contributed by atoms with Gasteiger partial charge in [0.2, 0.25) is 0 Å². The van der Waals surface area contributed by atoms with Gasteiger partial charge in [0.05, 0.1) is 5.92 Å². The van der Waals surface area contributed by atoms with Crippen LogP contribution in [0.15, 0.2) is 12.1 Å². The van der Waals surface area contributed by atoms with Gasteiger partial charge in [0.1, 0.15) is 0 Å². The zero-order valence-corrected chi connectivity index (χ0v) is 22.5. The Balaban J connectivity index is 0.00000265.